The molecule has 2 heterocycles. The minimum Gasteiger partial charge on any atom is -0.347 e. The number of para-hydroxylation sites is 2. The lowest BCUT2D eigenvalue weighted by Crippen LogP contribution is -2.34. The Kier molecular flexibility index (Phi) is 4.85. The second kappa shape index (κ2) is 7.05. The van der Waals surface area contributed by atoms with Crippen LogP contribution < -0.4 is 11.0 Å². The number of aromatic nitrogens is 2. The highest BCUT2D eigenvalue weighted by molar-refractivity contribution is 7.10. The minimum atomic E-state index is -0.155. The van der Waals surface area contributed by atoms with Gasteiger partial charge < -0.3 is 5.32 Å². The summed E-state index contributed by atoms with van der Waals surface area (Å²) in [6, 6.07) is 11.5. The zero-order valence-electron chi connectivity index (χ0n) is 13.9. The third-order valence-electron chi connectivity index (χ3n) is 4.02. The monoisotopic (exact) mass is 343 g/mol. The molecular formula is C18H21N3O2S. The van der Waals surface area contributed by atoms with Crippen LogP contribution in [0, 0.1) is 0 Å². The van der Waals surface area contributed by atoms with Gasteiger partial charge in [-0.25, -0.2) is 4.79 Å². The molecule has 126 valence electrons. The van der Waals surface area contributed by atoms with Crippen molar-refractivity contribution in [2.45, 2.75) is 39.4 Å². The number of carbonyl (C=O) groups excluding carboxylic acids is 1. The number of nitrogens with zero attached hydrogens (tertiary/aromatic N) is 2. The molecule has 0 saturated carbocycles. The Morgan fingerprint density at radius 1 is 1.17 bits per heavy atom. The number of thiophene rings is 1. The summed E-state index contributed by atoms with van der Waals surface area (Å²) in [6.07, 6.45) is 0.871. The molecule has 1 atom stereocenters. The van der Waals surface area contributed by atoms with Crippen LogP contribution in [0.3, 0.4) is 0 Å². The predicted octanol–water partition coefficient (Wildman–Crippen LogP) is 3.15. The second-order valence-electron chi connectivity index (χ2n) is 5.81. The molecule has 0 aliphatic rings. The van der Waals surface area contributed by atoms with E-state index >= 15 is 0 Å². The first-order chi connectivity index (χ1) is 11.6. The van der Waals surface area contributed by atoms with E-state index in [-0.39, 0.29) is 24.2 Å². The van der Waals surface area contributed by atoms with Gasteiger partial charge in [0.25, 0.3) is 0 Å². The van der Waals surface area contributed by atoms with Gasteiger partial charge in [-0.1, -0.05) is 25.1 Å². The normalized spacial score (nSPS) is 12.4. The molecule has 0 aliphatic carbocycles. The van der Waals surface area contributed by atoms with E-state index in [0.717, 1.165) is 22.3 Å². The molecule has 1 unspecified atom stereocenters. The summed E-state index contributed by atoms with van der Waals surface area (Å²) in [5.41, 5.74) is 1.55. The molecule has 0 aliphatic heterocycles. The summed E-state index contributed by atoms with van der Waals surface area (Å²) in [7, 11) is 0. The first kappa shape index (κ1) is 16.5. The van der Waals surface area contributed by atoms with Gasteiger partial charge >= 0.3 is 5.69 Å². The van der Waals surface area contributed by atoms with Gasteiger partial charge in [0.1, 0.15) is 6.54 Å². The van der Waals surface area contributed by atoms with Gasteiger partial charge in [0.15, 0.2) is 0 Å². The van der Waals surface area contributed by atoms with Gasteiger partial charge in [-0.15, -0.1) is 11.3 Å². The van der Waals surface area contributed by atoms with E-state index in [0.29, 0.717) is 6.54 Å². The van der Waals surface area contributed by atoms with Crippen LogP contribution in [0.2, 0.25) is 0 Å². The van der Waals surface area contributed by atoms with E-state index in [1.54, 1.807) is 20.5 Å². The average molecular weight is 343 g/mol. The molecule has 6 heteroatoms. The van der Waals surface area contributed by atoms with Crippen LogP contribution in [0.5, 0.6) is 0 Å². The van der Waals surface area contributed by atoms with E-state index in [1.807, 2.05) is 55.6 Å². The van der Waals surface area contributed by atoms with Crippen molar-refractivity contribution in [2.24, 2.45) is 0 Å². The molecule has 3 aromatic rings. The largest absolute Gasteiger partial charge is 0.347 e. The molecule has 0 spiro atoms. The maximum absolute atomic E-state index is 12.7. The van der Waals surface area contributed by atoms with Crippen molar-refractivity contribution in [3.8, 4) is 0 Å². The molecule has 1 N–H and O–H groups in total. The summed E-state index contributed by atoms with van der Waals surface area (Å²) in [5.74, 6) is -0.155. The van der Waals surface area contributed by atoms with Gasteiger partial charge in [-0.05, 0) is 36.9 Å². The number of rotatable bonds is 6. The molecule has 3 rings (SSSR count). The molecule has 0 radical (unpaired) electrons. The number of aryl methyl sites for hydroxylation is 1. The molecule has 24 heavy (non-hydrogen) atoms. The third-order valence-corrected chi connectivity index (χ3v) is 5.08. The van der Waals surface area contributed by atoms with Gasteiger partial charge in [0, 0.05) is 11.4 Å². The van der Waals surface area contributed by atoms with Crippen LogP contribution in [-0.4, -0.2) is 15.0 Å². The van der Waals surface area contributed by atoms with Gasteiger partial charge in [-0.3, -0.25) is 13.9 Å². The molecular weight excluding hydrogens is 322 g/mol. The van der Waals surface area contributed by atoms with E-state index in [1.165, 1.54) is 0 Å². The number of carbonyl (C=O) groups is 1. The van der Waals surface area contributed by atoms with Gasteiger partial charge in [0.2, 0.25) is 5.91 Å². The van der Waals surface area contributed by atoms with Crippen LogP contribution in [0.4, 0.5) is 0 Å². The fourth-order valence-electron chi connectivity index (χ4n) is 2.90. The van der Waals surface area contributed by atoms with E-state index in [9.17, 15) is 9.59 Å². The molecule has 0 fully saturated rings. The first-order valence-corrected chi connectivity index (χ1v) is 9.00. The third kappa shape index (κ3) is 3.14. The maximum atomic E-state index is 12.7. The van der Waals surface area contributed by atoms with Crippen molar-refractivity contribution in [3.05, 3.63) is 57.1 Å². The van der Waals surface area contributed by atoms with Crippen LogP contribution >= 0.6 is 11.3 Å². The number of benzene rings is 1. The number of amides is 1. The SMILES string of the molecule is CCCn1c(=O)n(CC(=O)NC(C)c2cccs2)c2ccccc21. The quantitative estimate of drug-likeness (QED) is 0.747. The first-order valence-electron chi connectivity index (χ1n) is 8.12. The zero-order chi connectivity index (χ0) is 17.1. The van der Waals surface area contributed by atoms with Crippen LogP contribution in [0.1, 0.15) is 31.2 Å². The number of fused-ring (bicyclic) bond motifs is 1. The van der Waals surface area contributed by atoms with E-state index < -0.39 is 0 Å². The second-order valence-corrected chi connectivity index (χ2v) is 6.79. The summed E-state index contributed by atoms with van der Waals surface area (Å²) in [6.45, 7) is 4.67. The highest BCUT2D eigenvalue weighted by atomic mass is 32.1. The van der Waals surface area contributed by atoms with Crippen molar-refractivity contribution < 1.29 is 4.79 Å². The van der Waals surface area contributed by atoms with Gasteiger partial charge in [-0.2, -0.15) is 0 Å². The lowest BCUT2D eigenvalue weighted by molar-refractivity contribution is -0.122. The van der Waals surface area contributed by atoms with Crippen molar-refractivity contribution in [2.75, 3.05) is 0 Å². The Morgan fingerprint density at radius 2 is 1.88 bits per heavy atom. The number of hydrogen-bond donors (Lipinski definition) is 1. The Labute approximate surface area is 144 Å². The Hall–Kier alpha value is -2.34. The fraction of sp³-hybridized carbons (Fsp3) is 0.333. The zero-order valence-corrected chi connectivity index (χ0v) is 14.7. The highest BCUT2D eigenvalue weighted by Crippen LogP contribution is 2.18. The molecule has 0 saturated heterocycles. The van der Waals surface area contributed by atoms with Crippen LogP contribution in [0.15, 0.2) is 46.6 Å². The number of imidazole rings is 1. The topological polar surface area (TPSA) is 56.0 Å². The standard InChI is InChI=1S/C18H21N3O2S/c1-3-10-20-14-7-4-5-8-15(14)21(18(20)23)12-17(22)19-13(2)16-9-6-11-24-16/h4-9,11,13H,3,10,12H2,1-2H3,(H,19,22). The fourth-order valence-corrected chi connectivity index (χ4v) is 3.64. The minimum absolute atomic E-state index is 0.0335. The molecule has 0 bridgehead atoms. The van der Waals surface area contributed by atoms with Crippen LogP contribution in [0.25, 0.3) is 11.0 Å². The highest BCUT2D eigenvalue weighted by Gasteiger charge is 2.16. The number of nitrogens with one attached hydrogen (secondary N) is 1. The van der Waals surface area contributed by atoms with E-state index in [2.05, 4.69) is 5.32 Å². The van der Waals surface area contributed by atoms with Crippen molar-refractivity contribution in [1.29, 1.82) is 0 Å². The lowest BCUT2D eigenvalue weighted by atomic mass is 10.2. The number of hydrogen-bond acceptors (Lipinski definition) is 3. The summed E-state index contributed by atoms with van der Waals surface area (Å²) in [4.78, 5) is 26.2. The van der Waals surface area contributed by atoms with Crippen molar-refractivity contribution in [3.63, 3.8) is 0 Å². The summed E-state index contributed by atoms with van der Waals surface area (Å²) in [5, 5.41) is 4.95. The Balaban J connectivity index is 1.86. The Bertz CT molecular complexity index is 893. The Morgan fingerprint density at radius 3 is 2.50 bits per heavy atom. The maximum Gasteiger partial charge on any atom is 0.329 e. The smallest absolute Gasteiger partial charge is 0.329 e. The van der Waals surface area contributed by atoms with Crippen LogP contribution in [-0.2, 0) is 17.9 Å². The average Bonchev–Trinajstić information content (AvgIpc) is 3.19. The lowest BCUT2D eigenvalue weighted by Gasteiger charge is -2.12. The molecule has 2 aromatic heterocycles. The van der Waals surface area contributed by atoms with Crippen molar-refractivity contribution in [1.82, 2.24) is 14.5 Å². The molecule has 1 amide bonds. The van der Waals surface area contributed by atoms with Crippen molar-refractivity contribution >= 4 is 28.3 Å². The van der Waals surface area contributed by atoms with Gasteiger partial charge in [0.05, 0.1) is 17.1 Å². The molecule has 1 aromatic carbocycles. The van der Waals surface area contributed by atoms with E-state index in [4.69, 9.17) is 0 Å². The predicted molar refractivity (Wildman–Crippen MR) is 97.4 cm³/mol. The summed E-state index contributed by atoms with van der Waals surface area (Å²) < 4.78 is 3.30. The molecule has 5 nitrogen and oxygen atoms in total. The summed E-state index contributed by atoms with van der Waals surface area (Å²) >= 11 is 1.61.